The molecular formula is C15H22N4OS. The average molecular weight is 306 g/mol. The average Bonchev–Trinajstić information content (AvgIpc) is 2.81. The maximum atomic E-state index is 5.19. The molecule has 5 nitrogen and oxygen atoms in total. The second-order valence-electron chi connectivity index (χ2n) is 5.95. The molecule has 0 unspecified atom stereocenters. The third kappa shape index (κ3) is 4.47. The highest BCUT2D eigenvalue weighted by Crippen LogP contribution is 2.21. The van der Waals surface area contributed by atoms with E-state index in [-0.39, 0.29) is 5.41 Å². The Bertz CT molecular complexity index is 604. The van der Waals surface area contributed by atoms with E-state index >= 15 is 0 Å². The molecule has 0 radical (unpaired) electrons. The normalized spacial score (nSPS) is 11.7. The standard InChI is InChI=1S/C15H22N4OS/c1-10-16-7-12(21-10)8-17-13-6-11(9-20-5)18-14(19-13)15(2,3)4/h6-7H,8-9H2,1-5H3,(H,17,18,19). The highest BCUT2D eigenvalue weighted by molar-refractivity contribution is 7.11. The van der Waals surface area contributed by atoms with Crippen molar-refractivity contribution in [3.8, 4) is 0 Å². The van der Waals surface area contributed by atoms with Gasteiger partial charge >= 0.3 is 0 Å². The summed E-state index contributed by atoms with van der Waals surface area (Å²) in [4.78, 5) is 14.6. The van der Waals surface area contributed by atoms with Gasteiger partial charge in [0.05, 0.1) is 23.9 Å². The molecule has 0 atom stereocenters. The van der Waals surface area contributed by atoms with E-state index in [0.29, 0.717) is 6.61 Å². The number of anilines is 1. The third-order valence-electron chi connectivity index (χ3n) is 2.86. The number of rotatable bonds is 5. The molecule has 0 amide bonds. The zero-order valence-corrected chi connectivity index (χ0v) is 14.0. The van der Waals surface area contributed by atoms with Crippen molar-refractivity contribution in [2.75, 3.05) is 12.4 Å². The van der Waals surface area contributed by atoms with Crippen LogP contribution in [0.5, 0.6) is 0 Å². The lowest BCUT2D eigenvalue weighted by Crippen LogP contribution is -2.18. The molecule has 0 fully saturated rings. The molecule has 0 aliphatic carbocycles. The molecule has 6 heteroatoms. The molecule has 2 heterocycles. The van der Waals surface area contributed by atoms with Gasteiger partial charge in [0, 0.05) is 29.7 Å². The fraction of sp³-hybridized carbons (Fsp3) is 0.533. The summed E-state index contributed by atoms with van der Waals surface area (Å²) in [5, 5.41) is 4.42. The summed E-state index contributed by atoms with van der Waals surface area (Å²) in [6.45, 7) is 9.53. The molecule has 1 N–H and O–H groups in total. The lowest BCUT2D eigenvalue weighted by Gasteiger charge is -2.18. The van der Waals surface area contributed by atoms with Crippen molar-refractivity contribution in [2.45, 2.75) is 46.3 Å². The van der Waals surface area contributed by atoms with Crippen LogP contribution in [-0.4, -0.2) is 22.1 Å². The van der Waals surface area contributed by atoms with Gasteiger partial charge in [-0.1, -0.05) is 20.8 Å². The van der Waals surface area contributed by atoms with Crippen LogP contribution in [0.3, 0.4) is 0 Å². The van der Waals surface area contributed by atoms with Crippen molar-refractivity contribution in [3.05, 3.63) is 33.7 Å². The number of nitrogens with one attached hydrogen (secondary N) is 1. The summed E-state index contributed by atoms with van der Waals surface area (Å²) < 4.78 is 5.19. The first-order valence-corrected chi connectivity index (χ1v) is 7.72. The van der Waals surface area contributed by atoms with E-state index in [1.54, 1.807) is 18.4 Å². The minimum absolute atomic E-state index is 0.0960. The summed E-state index contributed by atoms with van der Waals surface area (Å²) in [5.41, 5.74) is 0.793. The zero-order chi connectivity index (χ0) is 15.5. The molecular weight excluding hydrogens is 284 g/mol. The maximum absolute atomic E-state index is 5.19. The van der Waals surface area contributed by atoms with Crippen molar-refractivity contribution in [3.63, 3.8) is 0 Å². The number of hydrogen-bond donors (Lipinski definition) is 1. The Hall–Kier alpha value is -1.53. The van der Waals surface area contributed by atoms with Crippen LogP contribution in [0.25, 0.3) is 0 Å². The zero-order valence-electron chi connectivity index (χ0n) is 13.2. The van der Waals surface area contributed by atoms with E-state index < -0.39 is 0 Å². The Balaban J connectivity index is 2.19. The smallest absolute Gasteiger partial charge is 0.136 e. The van der Waals surface area contributed by atoms with E-state index in [9.17, 15) is 0 Å². The SMILES string of the molecule is COCc1cc(NCc2cnc(C)s2)nc(C(C)(C)C)n1. The highest BCUT2D eigenvalue weighted by atomic mass is 32.1. The van der Waals surface area contributed by atoms with E-state index in [0.717, 1.165) is 28.9 Å². The molecule has 0 saturated heterocycles. The summed E-state index contributed by atoms with van der Waals surface area (Å²) in [6.07, 6.45) is 1.90. The van der Waals surface area contributed by atoms with Crippen molar-refractivity contribution in [1.29, 1.82) is 0 Å². The van der Waals surface area contributed by atoms with Crippen LogP contribution in [0, 0.1) is 6.92 Å². The largest absolute Gasteiger partial charge is 0.378 e. The predicted molar refractivity (Wildman–Crippen MR) is 85.6 cm³/mol. The van der Waals surface area contributed by atoms with Crippen molar-refractivity contribution < 1.29 is 4.74 Å². The van der Waals surface area contributed by atoms with Crippen molar-refractivity contribution in [2.24, 2.45) is 0 Å². The van der Waals surface area contributed by atoms with Gasteiger partial charge in [0.15, 0.2) is 0 Å². The van der Waals surface area contributed by atoms with Gasteiger partial charge in [-0.3, -0.25) is 0 Å². The van der Waals surface area contributed by atoms with Crippen LogP contribution < -0.4 is 5.32 Å². The van der Waals surface area contributed by atoms with Gasteiger partial charge in [0.1, 0.15) is 11.6 Å². The second kappa shape index (κ2) is 6.49. The Morgan fingerprint density at radius 1 is 1.29 bits per heavy atom. The summed E-state index contributed by atoms with van der Waals surface area (Å²) in [7, 11) is 1.67. The molecule has 0 saturated carbocycles. The highest BCUT2D eigenvalue weighted by Gasteiger charge is 2.19. The molecule has 2 rings (SSSR count). The number of aromatic nitrogens is 3. The Labute approximate surface area is 129 Å². The Morgan fingerprint density at radius 2 is 2.05 bits per heavy atom. The van der Waals surface area contributed by atoms with Gasteiger partial charge in [-0.05, 0) is 6.92 Å². The topological polar surface area (TPSA) is 59.9 Å². The molecule has 2 aromatic rings. The molecule has 0 aliphatic rings. The van der Waals surface area contributed by atoms with Gasteiger partial charge in [-0.15, -0.1) is 11.3 Å². The monoisotopic (exact) mass is 306 g/mol. The Kier molecular flexibility index (Phi) is 4.90. The molecule has 0 bridgehead atoms. The lowest BCUT2D eigenvalue weighted by molar-refractivity contribution is 0.181. The summed E-state index contributed by atoms with van der Waals surface area (Å²) >= 11 is 1.69. The summed E-state index contributed by atoms with van der Waals surface area (Å²) in [6, 6.07) is 1.94. The first-order chi connectivity index (χ1) is 9.88. The van der Waals surface area contributed by atoms with Crippen LogP contribution >= 0.6 is 11.3 Å². The first-order valence-electron chi connectivity index (χ1n) is 6.91. The quantitative estimate of drug-likeness (QED) is 0.918. The van der Waals surface area contributed by atoms with Gasteiger partial charge < -0.3 is 10.1 Å². The van der Waals surface area contributed by atoms with Crippen molar-refractivity contribution in [1.82, 2.24) is 15.0 Å². The lowest BCUT2D eigenvalue weighted by atomic mass is 9.95. The molecule has 114 valence electrons. The first kappa shape index (κ1) is 15.9. The molecule has 21 heavy (non-hydrogen) atoms. The van der Waals surface area contributed by atoms with Crippen LogP contribution in [0.1, 0.15) is 42.2 Å². The number of aryl methyl sites for hydroxylation is 1. The van der Waals surface area contributed by atoms with E-state index in [1.807, 2.05) is 19.2 Å². The van der Waals surface area contributed by atoms with E-state index in [4.69, 9.17) is 4.74 Å². The maximum Gasteiger partial charge on any atom is 0.136 e. The van der Waals surface area contributed by atoms with Crippen LogP contribution in [0.4, 0.5) is 5.82 Å². The van der Waals surface area contributed by atoms with Crippen molar-refractivity contribution >= 4 is 17.2 Å². The third-order valence-corrected chi connectivity index (χ3v) is 3.77. The number of methoxy groups -OCH3 is 1. The van der Waals surface area contributed by atoms with Gasteiger partial charge in [-0.2, -0.15) is 0 Å². The predicted octanol–water partition coefficient (Wildman–Crippen LogP) is 3.30. The van der Waals surface area contributed by atoms with E-state index in [1.165, 1.54) is 4.88 Å². The number of hydrogen-bond acceptors (Lipinski definition) is 6. The number of thiazole rings is 1. The Morgan fingerprint density at radius 3 is 2.62 bits per heavy atom. The van der Waals surface area contributed by atoms with Crippen LogP contribution in [-0.2, 0) is 23.3 Å². The van der Waals surface area contributed by atoms with Crippen LogP contribution in [0.15, 0.2) is 12.3 Å². The second-order valence-corrected chi connectivity index (χ2v) is 7.27. The molecule has 2 aromatic heterocycles. The number of nitrogens with zero attached hydrogens (tertiary/aromatic N) is 3. The van der Waals surface area contributed by atoms with Gasteiger partial charge in [-0.25, -0.2) is 15.0 Å². The molecule has 0 aromatic carbocycles. The fourth-order valence-corrected chi connectivity index (χ4v) is 2.54. The minimum Gasteiger partial charge on any atom is -0.378 e. The molecule has 0 aliphatic heterocycles. The van der Waals surface area contributed by atoms with Crippen LogP contribution in [0.2, 0.25) is 0 Å². The van der Waals surface area contributed by atoms with Gasteiger partial charge in [0.25, 0.3) is 0 Å². The fourth-order valence-electron chi connectivity index (χ4n) is 1.81. The van der Waals surface area contributed by atoms with Gasteiger partial charge in [0.2, 0.25) is 0 Å². The number of ether oxygens (including phenoxy) is 1. The van der Waals surface area contributed by atoms with E-state index in [2.05, 4.69) is 41.0 Å². The molecule has 0 spiro atoms. The minimum atomic E-state index is -0.0960. The summed E-state index contributed by atoms with van der Waals surface area (Å²) in [5.74, 6) is 1.65.